The number of hydrogen-bond donors (Lipinski definition) is 1. The molecule has 1 aliphatic rings. The molecule has 2 atom stereocenters. The second kappa shape index (κ2) is 6.07. The van der Waals surface area contributed by atoms with Crippen LogP contribution in [0.15, 0.2) is 18.2 Å². The normalized spacial score (nSPS) is 27.0. The van der Waals surface area contributed by atoms with Gasteiger partial charge in [-0.25, -0.2) is 0 Å². The molecule has 19 heavy (non-hydrogen) atoms. The Morgan fingerprint density at radius 2 is 1.89 bits per heavy atom. The van der Waals surface area contributed by atoms with Crippen LogP contribution >= 0.6 is 22.6 Å². The molecule has 1 saturated carbocycles. The van der Waals surface area contributed by atoms with Gasteiger partial charge in [0.15, 0.2) is 0 Å². The van der Waals surface area contributed by atoms with Crippen molar-refractivity contribution in [1.82, 2.24) is 0 Å². The zero-order chi connectivity index (χ0) is 14.0. The monoisotopic (exact) mass is 374 g/mol. The van der Waals surface area contributed by atoms with E-state index in [2.05, 4.69) is 41.8 Å². The van der Waals surface area contributed by atoms with Gasteiger partial charge in [0.2, 0.25) is 0 Å². The third kappa shape index (κ3) is 3.81. The Kier molecular flexibility index (Phi) is 4.65. The first-order valence-electron chi connectivity index (χ1n) is 6.66. The number of nitro groups is 1. The Labute approximate surface area is 127 Å². The van der Waals surface area contributed by atoms with Gasteiger partial charge in [0, 0.05) is 15.7 Å². The summed E-state index contributed by atoms with van der Waals surface area (Å²) in [5.74, 6) is 1.37. The molecule has 0 bridgehead atoms. The van der Waals surface area contributed by atoms with E-state index in [1.54, 1.807) is 6.07 Å². The van der Waals surface area contributed by atoms with Crippen molar-refractivity contribution in [2.75, 3.05) is 5.32 Å². The van der Waals surface area contributed by atoms with Crippen molar-refractivity contribution in [2.24, 2.45) is 11.8 Å². The second-order valence-corrected chi connectivity index (χ2v) is 6.92. The molecule has 1 aromatic rings. The minimum absolute atomic E-state index is 0.178. The van der Waals surface area contributed by atoms with Crippen LogP contribution < -0.4 is 5.32 Å². The van der Waals surface area contributed by atoms with Gasteiger partial charge in [-0.15, -0.1) is 0 Å². The first-order chi connectivity index (χ1) is 8.95. The number of nitrogens with zero attached hydrogens (tertiary/aromatic N) is 1. The quantitative estimate of drug-likeness (QED) is 0.484. The lowest BCUT2D eigenvalue weighted by molar-refractivity contribution is -0.384. The van der Waals surface area contributed by atoms with Crippen LogP contribution in [0.5, 0.6) is 0 Å². The van der Waals surface area contributed by atoms with Crippen LogP contribution in [0.1, 0.15) is 33.1 Å². The lowest BCUT2D eigenvalue weighted by atomic mass is 9.80. The molecule has 0 aliphatic heterocycles. The summed E-state index contributed by atoms with van der Waals surface area (Å²) in [5.41, 5.74) is 0.828. The van der Waals surface area contributed by atoms with Gasteiger partial charge < -0.3 is 5.32 Å². The fraction of sp³-hybridized carbons (Fsp3) is 0.571. The fourth-order valence-electron chi connectivity index (χ4n) is 3.06. The van der Waals surface area contributed by atoms with E-state index < -0.39 is 0 Å². The second-order valence-electron chi connectivity index (χ2n) is 5.68. The van der Waals surface area contributed by atoms with E-state index in [1.165, 1.54) is 6.42 Å². The smallest absolute Gasteiger partial charge is 0.293 e. The Morgan fingerprint density at radius 3 is 2.47 bits per heavy atom. The van der Waals surface area contributed by atoms with E-state index in [0.29, 0.717) is 23.6 Å². The molecular formula is C14H19IN2O2. The summed E-state index contributed by atoms with van der Waals surface area (Å²) < 4.78 is 0.889. The summed E-state index contributed by atoms with van der Waals surface area (Å²) in [6.07, 6.45) is 3.44. The third-order valence-corrected chi connectivity index (χ3v) is 4.37. The van der Waals surface area contributed by atoms with Crippen LogP contribution in [0.2, 0.25) is 0 Å². The maximum absolute atomic E-state index is 11.1. The minimum atomic E-state index is -0.305. The van der Waals surface area contributed by atoms with Crippen LogP contribution in [-0.4, -0.2) is 11.0 Å². The van der Waals surface area contributed by atoms with Gasteiger partial charge in [0.25, 0.3) is 5.69 Å². The van der Waals surface area contributed by atoms with Gasteiger partial charge in [0.05, 0.1) is 4.92 Å². The average molecular weight is 374 g/mol. The van der Waals surface area contributed by atoms with Crippen molar-refractivity contribution < 1.29 is 4.92 Å². The molecule has 0 saturated heterocycles. The summed E-state index contributed by atoms with van der Waals surface area (Å²) in [5, 5.41) is 14.5. The number of hydrogen-bond acceptors (Lipinski definition) is 3. The molecule has 2 rings (SSSR count). The molecule has 1 aliphatic carbocycles. The van der Waals surface area contributed by atoms with Crippen molar-refractivity contribution in [3.63, 3.8) is 0 Å². The first kappa shape index (κ1) is 14.6. The summed E-state index contributed by atoms with van der Waals surface area (Å²) in [6, 6.07) is 5.70. The van der Waals surface area contributed by atoms with Crippen molar-refractivity contribution >= 4 is 34.0 Å². The molecule has 0 spiro atoms. The largest absolute Gasteiger partial charge is 0.377 e. The Balaban J connectivity index is 2.16. The minimum Gasteiger partial charge on any atom is -0.377 e. The van der Waals surface area contributed by atoms with Crippen molar-refractivity contribution in [3.05, 3.63) is 31.9 Å². The van der Waals surface area contributed by atoms with Crippen LogP contribution in [0.25, 0.3) is 0 Å². The molecule has 2 unspecified atom stereocenters. The summed E-state index contributed by atoms with van der Waals surface area (Å²) in [4.78, 5) is 10.8. The number of benzene rings is 1. The van der Waals surface area contributed by atoms with Gasteiger partial charge >= 0.3 is 0 Å². The molecule has 0 aromatic heterocycles. The highest BCUT2D eigenvalue weighted by Crippen LogP contribution is 2.33. The molecule has 1 aromatic carbocycles. The summed E-state index contributed by atoms with van der Waals surface area (Å²) >= 11 is 2.10. The van der Waals surface area contributed by atoms with Crippen LogP contribution in [0, 0.1) is 25.5 Å². The highest BCUT2D eigenvalue weighted by molar-refractivity contribution is 14.1. The first-order valence-corrected chi connectivity index (χ1v) is 7.74. The predicted octanol–water partition coefficient (Wildman–Crippen LogP) is 4.44. The van der Waals surface area contributed by atoms with Crippen molar-refractivity contribution in [1.29, 1.82) is 0 Å². The van der Waals surface area contributed by atoms with E-state index in [-0.39, 0.29) is 10.6 Å². The molecule has 1 fully saturated rings. The van der Waals surface area contributed by atoms with Crippen LogP contribution in [0.4, 0.5) is 11.4 Å². The Hall–Kier alpha value is -0.850. The van der Waals surface area contributed by atoms with E-state index in [9.17, 15) is 10.1 Å². The zero-order valence-electron chi connectivity index (χ0n) is 11.2. The molecular weight excluding hydrogens is 355 g/mol. The third-order valence-electron chi connectivity index (χ3n) is 3.69. The lowest BCUT2D eigenvalue weighted by Gasteiger charge is -2.32. The average Bonchev–Trinajstić information content (AvgIpc) is 2.30. The molecule has 0 radical (unpaired) electrons. The molecule has 5 heteroatoms. The van der Waals surface area contributed by atoms with Crippen molar-refractivity contribution in [2.45, 2.75) is 39.2 Å². The van der Waals surface area contributed by atoms with Crippen LogP contribution in [-0.2, 0) is 0 Å². The van der Waals surface area contributed by atoms with Gasteiger partial charge in [-0.1, -0.05) is 13.8 Å². The van der Waals surface area contributed by atoms with Gasteiger partial charge in [0.1, 0.15) is 5.69 Å². The number of halogens is 1. The summed E-state index contributed by atoms with van der Waals surface area (Å²) in [6.45, 7) is 4.51. The Morgan fingerprint density at radius 1 is 1.26 bits per heavy atom. The Bertz CT molecular complexity index is 469. The molecule has 0 heterocycles. The predicted molar refractivity (Wildman–Crippen MR) is 85.4 cm³/mol. The van der Waals surface area contributed by atoms with E-state index in [1.807, 2.05) is 12.1 Å². The van der Waals surface area contributed by atoms with Gasteiger partial charge in [-0.3, -0.25) is 10.1 Å². The number of nitrogens with one attached hydrogen (secondary N) is 1. The van der Waals surface area contributed by atoms with E-state index in [0.717, 1.165) is 16.4 Å². The van der Waals surface area contributed by atoms with E-state index >= 15 is 0 Å². The molecule has 104 valence electrons. The lowest BCUT2D eigenvalue weighted by Crippen LogP contribution is -2.30. The number of anilines is 1. The highest BCUT2D eigenvalue weighted by Gasteiger charge is 2.25. The van der Waals surface area contributed by atoms with E-state index in [4.69, 9.17) is 0 Å². The topological polar surface area (TPSA) is 55.2 Å². The van der Waals surface area contributed by atoms with Gasteiger partial charge in [-0.2, -0.15) is 0 Å². The standard InChI is InChI=1S/C14H19IN2O2/c1-9-5-10(2)7-12(6-9)16-13-4-3-11(15)8-14(13)17(18)19/h3-4,8-10,12,16H,5-7H2,1-2H3. The molecule has 4 nitrogen and oxygen atoms in total. The molecule has 0 amide bonds. The highest BCUT2D eigenvalue weighted by atomic mass is 127. The van der Waals surface area contributed by atoms with Gasteiger partial charge in [-0.05, 0) is 65.8 Å². The zero-order valence-corrected chi connectivity index (χ0v) is 13.4. The summed E-state index contributed by atoms with van der Waals surface area (Å²) in [7, 11) is 0. The van der Waals surface area contributed by atoms with Crippen molar-refractivity contribution in [3.8, 4) is 0 Å². The van der Waals surface area contributed by atoms with Crippen LogP contribution in [0.3, 0.4) is 0 Å². The SMILES string of the molecule is CC1CC(C)CC(Nc2ccc(I)cc2[N+](=O)[O-])C1. The maximum atomic E-state index is 11.1. The molecule has 1 N–H and O–H groups in total. The number of nitro benzene ring substituents is 1. The fourth-order valence-corrected chi connectivity index (χ4v) is 3.54. The maximum Gasteiger partial charge on any atom is 0.293 e. The number of rotatable bonds is 3.